The molecule has 3 aromatic heterocycles. The van der Waals surface area contributed by atoms with Crippen molar-refractivity contribution in [3.63, 3.8) is 0 Å². The minimum absolute atomic E-state index is 0.111. The van der Waals surface area contributed by atoms with Crippen LogP contribution in [0.2, 0.25) is 0 Å². The average Bonchev–Trinajstić information content (AvgIpc) is 3.19. The third-order valence-corrected chi connectivity index (χ3v) is 5.47. The summed E-state index contributed by atoms with van der Waals surface area (Å²) < 4.78 is 16.9. The number of aromatic nitrogens is 5. The number of fused-ring (bicyclic) bond motifs is 2. The van der Waals surface area contributed by atoms with Crippen LogP contribution in [0.3, 0.4) is 0 Å². The van der Waals surface area contributed by atoms with E-state index in [0.29, 0.717) is 38.7 Å². The van der Waals surface area contributed by atoms with Gasteiger partial charge in [-0.25, -0.2) is 19.3 Å². The standard InChI is InChI=1S/C23H16FN7O/c1-26-20-14-6-4-3-5-12(14)8-17(24)19(20)22-16(11-28-31(22)2)13-7-15-18(9-25)29-30-23(32)21(15)27-10-13/h3-8,10-11H,9,25H2,2H3,(H,30,32). The van der Waals surface area contributed by atoms with Crippen molar-refractivity contribution in [2.75, 3.05) is 0 Å². The summed E-state index contributed by atoms with van der Waals surface area (Å²) in [6, 6.07) is 10.3. The SMILES string of the molecule is [C-]#[N+]c1c(-c2c(-c3cnc4c(=O)[nH]nc(CN)c4c3)cnn2C)c(F)cc2ccccc12. The van der Waals surface area contributed by atoms with Gasteiger partial charge < -0.3 is 5.73 Å². The first-order valence-corrected chi connectivity index (χ1v) is 9.72. The monoisotopic (exact) mass is 425 g/mol. The molecule has 2 aromatic carbocycles. The summed E-state index contributed by atoms with van der Waals surface area (Å²) in [5.41, 5.74) is 8.04. The third kappa shape index (κ3) is 2.85. The van der Waals surface area contributed by atoms with Crippen LogP contribution in [0, 0.1) is 12.4 Å². The van der Waals surface area contributed by atoms with Crippen LogP contribution in [0.1, 0.15) is 5.69 Å². The molecule has 9 heteroatoms. The number of rotatable bonds is 3. The van der Waals surface area contributed by atoms with Gasteiger partial charge in [0.05, 0.1) is 24.2 Å². The normalized spacial score (nSPS) is 11.2. The van der Waals surface area contributed by atoms with Crippen molar-refractivity contribution in [1.82, 2.24) is 25.0 Å². The molecule has 0 radical (unpaired) electrons. The Morgan fingerprint density at radius 3 is 2.81 bits per heavy atom. The van der Waals surface area contributed by atoms with Gasteiger partial charge in [0.1, 0.15) is 11.3 Å². The Labute approximate surface area is 181 Å². The molecule has 0 atom stereocenters. The first kappa shape index (κ1) is 19.5. The molecule has 0 aliphatic rings. The summed E-state index contributed by atoms with van der Waals surface area (Å²) >= 11 is 0. The summed E-state index contributed by atoms with van der Waals surface area (Å²) in [5, 5.41) is 12.5. The Morgan fingerprint density at radius 1 is 1.22 bits per heavy atom. The molecule has 0 saturated heterocycles. The number of pyridine rings is 1. The van der Waals surface area contributed by atoms with Crippen molar-refractivity contribution in [2.24, 2.45) is 12.8 Å². The molecule has 0 saturated carbocycles. The zero-order valence-electron chi connectivity index (χ0n) is 16.9. The number of benzene rings is 2. The van der Waals surface area contributed by atoms with Gasteiger partial charge in [-0.2, -0.15) is 10.2 Å². The number of H-pyrrole nitrogens is 1. The minimum atomic E-state index is -0.519. The van der Waals surface area contributed by atoms with Crippen molar-refractivity contribution < 1.29 is 4.39 Å². The summed E-state index contributed by atoms with van der Waals surface area (Å²) in [6.45, 7) is 7.86. The first-order chi connectivity index (χ1) is 15.5. The molecule has 5 aromatic rings. The van der Waals surface area contributed by atoms with Gasteiger partial charge in [0.25, 0.3) is 5.56 Å². The number of nitrogens with zero attached hydrogens (tertiary/aromatic N) is 5. The number of aromatic amines is 1. The molecule has 0 amide bonds. The van der Waals surface area contributed by atoms with Crippen LogP contribution in [0.5, 0.6) is 0 Å². The third-order valence-electron chi connectivity index (χ3n) is 5.47. The van der Waals surface area contributed by atoms with Crippen molar-refractivity contribution in [1.29, 1.82) is 0 Å². The highest BCUT2D eigenvalue weighted by atomic mass is 19.1. The Kier molecular flexibility index (Phi) is 4.50. The topological polar surface area (TPSA) is 107 Å². The molecule has 0 aliphatic heterocycles. The molecule has 5 rings (SSSR count). The molecule has 3 N–H and O–H groups in total. The van der Waals surface area contributed by atoms with Crippen molar-refractivity contribution >= 4 is 27.4 Å². The highest BCUT2D eigenvalue weighted by molar-refractivity contribution is 6.04. The van der Waals surface area contributed by atoms with Crippen LogP contribution in [0.4, 0.5) is 10.1 Å². The molecular weight excluding hydrogens is 409 g/mol. The van der Waals surface area contributed by atoms with Gasteiger partial charge in [0, 0.05) is 41.9 Å². The predicted molar refractivity (Wildman–Crippen MR) is 119 cm³/mol. The maximum Gasteiger partial charge on any atom is 0.290 e. The molecule has 8 nitrogen and oxygen atoms in total. The predicted octanol–water partition coefficient (Wildman–Crippen LogP) is 3.69. The molecule has 0 bridgehead atoms. The van der Waals surface area contributed by atoms with E-state index in [2.05, 4.69) is 25.1 Å². The van der Waals surface area contributed by atoms with Crippen LogP contribution in [0.25, 0.3) is 48.9 Å². The summed E-state index contributed by atoms with van der Waals surface area (Å²) in [6.07, 6.45) is 3.11. The lowest BCUT2D eigenvalue weighted by Gasteiger charge is -2.13. The number of aryl methyl sites for hydroxylation is 1. The number of nitrogens with two attached hydrogens (primary N) is 1. The highest BCUT2D eigenvalue weighted by Gasteiger charge is 2.23. The maximum atomic E-state index is 15.4. The highest BCUT2D eigenvalue weighted by Crippen LogP contribution is 2.43. The lowest BCUT2D eigenvalue weighted by Crippen LogP contribution is -2.14. The van der Waals surface area contributed by atoms with Crippen molar-refractivity contribution in [2.45, 2.75) is 6.54 Å². The second-order valence-electron chi connectivity index (χ2n) is 7.27. The zero-order valence-corrected chi connectivity index (χ0v) is 16.9. The lowest BCUT2D eigenvalue weighted by atomic mass is 9.96. The smallest absolute Gasteiger partial charge is 0.290 e. The van der Waals surface area contributed by atoms with E-state index < -0.39 is 11.4 Å². The Morgan fingerprint density at radius 2 is 2.03 bits per heavy atom. The van der Waals surface area contributed by atoms with E-state index in [1.807, 2.05) is 6.07 Å². The maximum absolute atomic E-state index is 15.4. The van der Waals surface area contributed by atoms with Gasteiger partial charge in [0.2, 0.25) is 5.69 Å². The zero-order chi connectivity index (χ0) is 22.4. The Hall–Kier alpha value is -4.42. The molecule has 0 fully saturated rings. The molecule has 156 valence electrons. The fourth-order valence-corrected chi connectivity index (χ4v) is 3.98. The van der Waals surface area contributed by atoms with Gasteiger partial charge in [-0.3, -0.25) is 9.48 Å². The molecule has 0 spiro atoms. The molecular formula is C23H16FN7O. The average molecular weight is 425 g/mol. The number of halogens is 1. The molecule has 32 heavy (non-hydrogen) atoms. The number of nitrogens with one attached hydrogen (secondary N) is 1. The van der Waals surface area contributed by atoms with E-state index >= 15 is 4.39 Å². The summed E-state index contributed by atoms with van der Waals surface area (Å²) in [5.74, 6) is -0.519. The lowest BCUT2D eigenvalue weighted by molar-refractivity contribution is 0.630. The van der Waals surface area contributed by atoms with E-state index in [-0.39, 0.29) is 23.3 Å². The molecule has 0 aliphatic carbocycles. The van der Waals surface area contributed by atoms with Gasteiger partial charge in [-0.05, 0) is 22.9 Å². The quantitative estimate of drug-likeness (QED) is 0.429. The second kappa shape index (κ2) is 7.37. The van der Waals surface area contributed by atoms with Crippen LogP contribution >= 0.6 is 0 Å². The molecule has 3 heterocycles. The van der Waals surface area contributed by atoms with E-state index in [9.17, 15) is 4.79 Å². The Balaban J connectivity index is 1.82. The van der Waals surface area contributed by atoms with Crippen LogP contribution < -0.4 is 11.3 Å². The van der Waals surface area contributed by atoms with Crippen LogP contribution in [0.15, 0.2) is 53.6 Å². The largest absolute Gasteiger partial charge is 0.325 e. The van der Waals surface area contributed by atoms with Crippen molar-refractivity contribution in [3.8, 4) is 22.4 Å². The fourth-order valence-electron chi connectivity index (χ4n) is 3.98. The minimum Gasteiger partial charge on any atom is -0.325 e. The van der Waals surface area contributed by atoms with Crippen LogP contribution in [-0.2, 0) is 13.6 Å². The van der Waals surface area contributed by atoms with E-state index in [4.69, 9.17) is 12.3 Å². The van der Waals surface area contributed by atoms with Gasteiger partial charge in [0.15, 0.2) is 0 Å². The second-order valence-corrected chi connectivity index (χ2v) is 7.27. The van der Waals surface area contributed by atoms with E-state index in [0.717, 1.165) is 0 Å². The fraction of sp³-hybridized carbons (Fsp3) is 0.0870. The Bertz CT molecular complexity index is 1630. The summed E-state index contributed by atoms with van der Waals surface area (Å²) in [4.78, 5) is 20.1. The number of hydrogen-bond acceptors (Lipinski definition) is 5. The van der Waals surface area contributed by atoms with Crippen molar-refractivity contribution in [3.05, 3.63) is 82.1 Å². The summed E-state index contributed by atoms with van der Waals surface area (Å²) in [7, 11) is 1.69. The van der Waals surface area contributed by atoms with E-state index in [1.165, 1.54) is 16.9 Å². The first-order valence-electron chi connectivity index (χ1n) is 9.72. The number of hydrogen-bond donors (Lipinski definition) is 2. The van der Waals surface area contributed by atoms with Gasteiger partial charge in [-0.15, -0.1) is 0 Å². The van der Waals surface area contributed by atoms with E-state index in [1.54, 1.807) is 37.5 Å². The van der Waals surface area contributed by atoms with Gasteiger partial charge in [-0.1, -0.05) is 24.3 Å². The van der Waals surface area contributed by atoms with Crippen LogP contribution in [-0.4, -0.2) is 25.0 Å². The molecule has 0 unspecified atom stereocenters. The van der Waals surface area contributed by atoms with Gasteiger partial charge >= 0.3 is 0 Å².